The van der Waals surface area contributed by atoms with Crippen molar-refractivity contribution in [1.29, 1.82) is 0 Å². The van der Waals surface area contributed by atoms with Crippen molar-refractivity contribution in [2.45, 2.75) is 63.9 Å². The van der Waals surface area contributed by atoms with Crippen molar-refractivity contribution in [2.75, 3.05) is 6.54 Å². The first kappa shape index (κ1) is 16.9. The van der Waals surface area contributed by atoms with Crippen molar-refractivity contribution in [3.63, 3.8) is 0 Å². The first-order valence-corrected chi connectivity index (χ1v) is 7.79. The van der Waals surface area contributed by atoms with E-state index in [4.69, 9.17) is 4.74 Å². The number of amides is 1. The molecule has 2 aliphatic heterocycles. The van der Waals surface area contributed by atoms with Gasteiger partial charge in [-0.3, -0.25) is 9.59 Å². The number of ketones is 1. The lowest BCUT2D eigenvalue weighted by molar-refractivity contribution is -0.227. The minimum absolute atomic E-state index is 0.208. The summed E-state index contributed by atoms with van der Waals surface area (Å²) < 4.78 is 5.45. The molecule has 0 aliphatic carbocycles. The van der Waals surface area contributed by atoms with Gasteiger partial charge >= 0.3 is 11.8 Å². The van der Waals surface area contributed by atoms with E-state index in [1.807, 2.05) is 6.92 Å². The number of rotatable bonds is 3. The van der Waals surface area contributed by atoms with Gasteiger partial charge in [-0.2, -0.15) is 0 Å². The third kappa shape index (κ3) is 2.87. The Bertz CT molecular complexity index is 479. The quantitative estimate of drug-likeness (QED) is 0.737. The monoisotopic (exact) mass is 313 g/mol. The summed E-state index contributed by atoms with van der Waals surface area (Å²) in [5, 5.41) is 19.8. The summed E-state index contributed by atoms with van der Waals surface area (Å²) in [5.41, 5.74) is 0. The highest BCUT2D eigenvalue weighted by Crippen LogP contribution is 2.31. The Balaban J connectivity index is 2.30. The van der Waals surface area contributed by atoms with E-state index < -0.39 is 41.5 Å². The van der Waals surface area contributed by atoms with Gasteiger partial charge in [0.15, 0.2) is 0 Å². The molecule has 7 nitrogen and oxygen atoms in total. The predicted octanol–water partition coefficient (Wildman–Crippen LogP) is 0.545. The molecule has 2 fully saturated rings. The summed E-state index contributed by atoms with van der Waals surface area (Å²) in [5.74, 6) is -5.81. The topological polar surface area (TPSA) is 104 Å². The molecule has 0 spiro atoms. The summed E-state index contributed by atoms with van der Waals surface area (Å²) in [4.78, 5) is 37.4. The fourth-order valence-electron chi connectivity index (χ4n) is 3.16. The fourth-order valence-corrected chi connectivity index (χ4v) is 3.16. The molecule has 0 radical (unpaired) electrons. The summed E-state index contributed by atoms with van der Waals surface area (Å²) in [6, 6.07) is -1.01. The van der Waals surface area contributed by atoms with Crippen LogP contribution in [0.1, 0.15) is 46.0 Å². The number of likely N-dealkylation sites (tertiary alicyclic amines) is 1. The van der Waals surface area contributed by atoms with E-state index in [1.54, 1.807) is 6.92 Å². The molecule has 1 amide bonds. The van der Waals surface area contributed by atoms with Crippen LogP contribution in [0, 0.1) is 5.92 Å². The number of nitrogens with zero attached hydrogens (tertiary/aromatic N) is 1. The van der Waals surface area contributed by atoms with Gasteiger partial charge in [0, 0.05) is 12.5 Å². The van der Waals surface area contributed by atoms with Crippen molar-refractivity contribution in [3.8, 4) is 0 Å². The van der Waals surface area contributed by atoms with Crippen molar-refractivity contribution in [1.82, 2.24) is 4.90 Å². The molecule has 2 N–H and O–H groups in total. The molecule has 4 unspecified atom stereocenters. The minimum Gasteiger partial charge on any atom is -0.480 e. The number of hydrogen-bond donors (Lipinski definition) is 2. The number of aliphatic hydroxyl groups is 1. The van der Waals surface area contributed by atoms with Crippen molar-refractivity contribution >= 4 is 17.7 Å². The SMILES string of the molecule is CCC1CCC(C)C(=O)C(O)(C(=O)N2CCCC2C(=O)O)O1. The second kappa shape index (κ2) is 6.34. The lowest BCUT2D eigenvalue weighted by Crippen LogP contribution is -2.59. The molecule has 0 bridgehead atoms. The van der Waals surface area contributed by atoms with Gasteiger partial charge in [-0.1, -0.05) is 13.8 Å². The third-order valence-corrected chi connectivity index (χ3v) is 4.58. The van der Waals surface area contributed by atoms with E-state index >= 15 is 0 Å². The number of aliphatic carboxylic acids is 1. The van der Waals surface area contributed by atoms with Crippen LogP contribution in [-0.2, 0) is 19.1 Å². The van der Waals surface area contributed by atoms with Gasteiger partial charge in [0.05, 0.1) is 6.10 Å². The van der Waals surface area contributed by atoms with Gasteiger partial charge in [0.2, 0.25) is 5.78 Å². The number of carboxylic acid groups (broad SMARTS) is 1. The minimum atomic E-state index is -2.56. The molecule has 124 valence electrons. The largest absolute Gasteiger partial charge is 0.480 e. The Kier molecular flexibility index (Phi) is 4.87. The molecule has 0 aromatic carbocycles. The first-order valence-electron chi connectivity index (χ1n) is 7.79. The molecule has 0 saturated carbocycles. The second-order valence-electron chi connectivity index (χ2n) is 6.13. The van der Waals surface area contributed by atoms with E-state index in [-0.39, 0.29) is 6.54 Å². The average Bonchev–Trinajstić information content (AvgIpc) is 2.94. The van der Waals surface area contributed by atoms with E-state index in [2.05, 4.69) is 0 Å². The van der Waals surface area contributed by atoms with Crippen LogP contribution >= 0.6 is 0 Å². The zero-order chi connectivity index (χ0) is 16.5. The number of carboxylic acids is 1. The molecule has 0 aromatic rings. The fraction of sp³-hybridized carbons (Fsp3) is 0.800. The maximum absolute atomic E-state index is 12.7. The van der Waals surface area contributed by atoms with Crippen LogP contribution in [0.4, 0.5) is 0 Å². The Morgan fingerprint density at radius 3 is 2.64 bits per heavy atom. The Hall–Kier alpha value is -1.47. The van der Waals surface area contributed by atoms with Gasteiger partial charge in [-0.05, 0) is 32.1 Å². The van der Waals surface area contributed by atoms with Crippen LogP contribution in [0.2, 0.25) is 0 Å². The van der Waals surface area contributed by atoms with E-state index in [9.17, 15) is 24.6 Å². The van der Waals surface area contributed by atoms with Gasteiger partial charge in [-0.15, -0.1) is 0 Å². The normalized spacial score (nSPS) is 36.2. The molecule has 2 aliphatic rings. The van der Waals surface area contributed by atoms with Crippen LogP contribution in [0.3, 0.4) is 0 Å². The van der Waals surface area contributed by atoms with Crippen LogP contribution < -0.4 is 0 Å². The maximum atomic E-state index is 12.7. The van der Waals surface area contributed by atoms with Crippen LogP contribution in [0.25, 0.3) is 0 Å². The summed E-state index contributed by atoms with van der Waals surface area (Å²) >= 11 is 0. The van der Waals surface area contributed by atoms with Gasteiger partial charge < -0.3 is 19.8 Å². The highest BCUT2D eigenvalue weighted by Gasteiger charge is 2.54. The third-order valence-electron chi connectivity index (χ3n) is 4.58. The zero-order valence-corrected chi connectivity index (χ0v) is 12.9. The summed E-state index contributed by atoms with van der Waals surface area (Å²) in [6.45, 7) is 3.71. The molecule has 7 heteroatoms. The zero-order valence-electron chi connectivity index (χ0n) is 12.9. The highest BCUT2D eigenvalue weighted by molar-refractivity contribution is 6.09. The number of carbonyl (C=O) groups excluding carboxylic acids is 2. The standard InChI is InChI=1S/C15H23NO6/c1-3-10-7-6-9(2)12(17)15(21,22-10)14(20)16-8-4-5-11(16)13(18)19/h9-11,21H,3-8H2,1-2H3,(H,18,19). The van der Waals surface area contributed by atoms with Gasteiger partial charge in [-0.25, -0.2) is 4.79 Å². The van der Waals surface area contributed by atoms with E-state index in [0.29, 0.717) is 32.1 Å². The molecular weight excluding hydrogens is 290 g/mol. The Morgan fingerprint density at radius 2 is 2.05 bits per heavy atom. The molecule has 4 atom stereocenters. The maximum Gasteiger partial charge on any atom is 0.326 e. The first-order chi connectivity index (χ1) is 10.3. The number of Topliss-reactive ketones (excluding diaryl/α,β-unsaturated/α-hetero) is 1. The Labute approximate surface area is 129 Å². The number of carbonyl (C=O) groups is 3. The van der Waals surface area contributed by atoms with Crippen molar-refractivity contribution in [2.24, 2.45) is 5.92 Å². The van der Waals surface area contributed by atoms with E-state index in [0.717, 1.165) is 4.90 Å². The van der Waals surface area contributed by atoms with Crippen molar-refractivity contribution in [3.05, 3.63) is 0 Å². The van der Waals surface area contributed by atoms with Crippen LogP contribution in [-0.4, -0.2) is 57.3 Å². The molecule has 22 heavy (non-hydrogen) atoms. The molecule has 2 saturated heterocycles. The van der Waals surface area contributed by atoms with Crippen LogP contribution in [0.15, 0.2) is 0 Å². The summed E-state index contributed by atoms with van der Waals surface area (Å²) in [7, 11) is 0. The Morgan fingerprint density at radius 1 is 1.36 bits per heavy atom. The average molecular weight is 313 g/mol. The summed E-state index contributed by atoms with van der Waals surface area (Å²) in [6.07, 6.45) is 2.14. The molecule has 2 rings (SSSR count). The van der Waals surface area contributed by atoms with E-state index in [1.165, 1.54) is 0 Å². The second-order valence-corrected chi connectivity index (χ2v) is 6.13. The molecule has 2 heterocycles. The number of ether oxygens (including phenoxy) is 1. The molecular formula is C15H23NO6. The lowest BCUT2D eigenvalue weighted by atomic mass is 9.94. The smallest absolute Gasteiger partial charge is 0.326 e. The lowest BCUT2D eigenvalue weighted by Gasteiger charge is -2.33. The van der Waals surface area contributed by atoms with Crippen LogP contribution in [0.5, 0.6) is 0 Å². The predicted molar refractivity (Wildman–Crippen MR) is 75.9 cm³/mol. The highest BCUT2D eigenvalue weighted by atomic mass is 16.6. The van der Waals surface area contributed by atoms with Gasteiger partial charge in [0.1, 0.15) is 6.04 Å². The van der Waals surface area contributed by atoms with Crippen molar-refractivity contribution < 1.29 is 29.3 Å². The van der Waals surface area contributed by atoms with Gasteiger partial charge in [0.25, 0.3) is 5.91 Å². The number of hydrogen-bond acceptors (Lipinski definition) is 5. The molecule has 0 aromatic heterocycles.